The summed E-state index contributed by atoms with van der Waals surface area (Å²) in [5.41, 5.74) is 7.85. The van der Waals surface area contributed by atoms with Gasteiger partial charge in [-0.05, 0) is 31.0 Å². The Bertz CT molecular complexity index is 466. The van der Waals surface area contributed by atoms with E-state index in [1.807, 2.05) is 0 Å². The molecule has 0 spiro atoms. The van der Waals surface area contributed by atoms with Crippen molar-refractivity contribution >= 4 is 17.4 Å². The Labute approximate surface area is 93.4 Å². The smallest absolute Gasteiger partial charge is 0.340 e. The number of esters is 1. The van der Waals surface area contributed by atoms with Gasteiger partial charge in [-0.2, -0.15) is 0 Å². The number of benzene rings is 1. The fourth-order valence-electron chi connectivity index (χ4n) is 2.00. The molecule has 4 heteroatoms. The van der Waals surface area contributed by atoms with Gasteiger partial charge in [-0.15, -0.1) is 0 Å². The second kappa shape index (κ2) is 3.96. The first-order chi connectivity index (χ1) is 7.65. The molecule has 0 aromatic heterocycles. The molecule has 1 aromatic carbocycles. The molecular weight excluding hydrogens is 206 g/mol. The van der Waals surface area contributed by atoms with Gasteiger partial charge in [-0.3, -0.25) is 4.79 Å². The summed E-state index contributed by atoms with van der Waals surface area (Å²) in [4.78, 5) is 23.2. The summed E-state index contributed by atoms with van der Waals surface area (Å²) in [6.07, 6.45) is 1.03. The summed E-state index contributed by atoms with van der Waals surface area (Å²) in [6, 6.07) is 3.27. The number of nitrogen functional groups attached to an aromatic ring is 1. The topological polar surface area (TPSA) is 69.4 Å². The van der Waals surface area contributed by atoms with Gasteiger partial charge in [0.2, 0.25) is 0 Å². The van der Waals surface area contributed by atoms with Crippen LogP contribution in [-0.4, -0.2) is 18.4 Å². The summed E-state index contributed by atoms with van der Waals surface area (Å²) in [5.74, 6) is -0.368. The summed E-state index contributed by atoms with van der Waals surface area (Å²) < 4.78 is 4.94. The maximum Gasteiger partial charge on any atom is 0.340 e. The second-order valence-corrected chi connectivity index (χ2v) is 3.70. The minimum atomic E-state index is -0.438. The van der Waals surface area contributed by atoms with Gasteiger partial charge in [0.05, 0.1) is 12.2 Å². The maximum absolute atomic E-state index is 11.7. The van der Waals surface area contributed by atoms with E-state index < -0.39 is 5.97 Å². The summed E-state index contributed by atoms with van der Waals surface area (Å²) in [5, 5.41) is 0. The highest BCUT2D eigenvalue weighted by atomic mass is 16.5. The molecule has 2 rings (SSSR count). The van der Waals surface area contributed by atoms with Crippen LogP contribution < -0.4 is 5.73 Å². The highest BCUT2D eigenvalue weighted by Crippen LogP contribution is 2.29. The summed E-state index contributed by atoms with van der Waals surface area (Å²) >= 11 is 0. The van der Waals surface area contributed by atoms with E-state index in [1.54, 1.807) is 19.1 Å². The number of rotatable bonds is 2. The van der Waals surface area contributed by atoms with Crippen LogP contribution in [0, 0.1) is 0 Å². The molecule has 0 fully saturated rings. The van der Waals surface area contributed by atoms with Crippen molar-refractivity contribution in [1.82, 2.24) is 0 Å². The standard InChI is InChI=1S/C12H13NO3/c1-2-16-12(15)11-8-4-6-10(14)7(8)3-5-9(11)13/h3,5H,2,4,6,13H2,1H3. The van der Waals surface area contributed by atoms with Crippen molar-refractivity contribution in [2.45, 2.75) is 19.8 Å². The molecule has 0 unspecified atom stereocenters. The number of carbonyl (C=O) groups is 2. The van der Waals surface area contributed by atoms with Crippen LogP contribution in [0.5, 0.6) is 0 Å². The lowest BCUT2D eigenvalue weighted by Crippen LogP contribution is -2.11. The molecular formula is C12H13NO3. The van der Waals surface area contributed by atoms with Gasteiger partial charge in [0, 0.05) is 17.7 Å². The largest absolute Gasteiger partial charge is 0.462 e. The Morgan fingerprint density at radius 1 is 1.44 bits per heavy atom. The van der Waals surface area contributed by atoms with Crippen LogP contribution in [0.25, 0.3) is 0 Å². The lowest BCUT2D eigenvalue weighted by atomic mass is 10.0. The van der Waals surface area contributed by atoms with Crippen molar-refractivity contribution in [3.8, 4) is 0 Å². The monoisotopic (exact) mass is 219 g/mol. The van der Waals surface area contributed by atoms with E-state index in [2.05, 4.69) is 0 Å². The average molecular weight is 219 g/mol. The van der Waals surface area contributed by atoms with E-state index in [4.69, 9.17) is 10.5 Å². The Morgan fingerprint density at radius 3 is 2.88 bits per heavy atom. The maximum atomic E-state index is 11.7. The van der Waals surface area contributed by atoms with E-state index in [-0.39, 0.29) is 5.78 Å². The zero-order chi connectivity index (χ0) is 11.7. The van der Waals surface area contributed by atoms with Crippen molar-refractivity contribution in [3.05, 3.63) is 28.8 Å². The second-order valence-electron chi connectivity index (χ2n) is 3.70. The third-order valence-corrected chi connectivity index (χ3v) is 2.73. The number of hydrogen-bond acceptors (Lipinski definition) is 4. The quantitative estimate of drug-likeness (QED) is 0.605. The van der Waals surface area contributed by atoms with E-state index in [0.717, 1.165) is 5.56 Å². The average Bonchev–Trinajstić information content (AvgIpc) is 2.60. The highest BCUT2D eigenvalue weighted by Gasteiger charge is 2.27. The third kappa shape index (κ3) is 1.56. The first kappa shape index (κ1) is 10.7. The van der Waals surface area contributed by atoms with E-state index in [0.29, 0.717) is 36.3 Å². The third-order valence-electron chi connectivity index (χ3n) is 2.73. The molecule has 1 aliphatic rings. The van der Waals surface area contributed by atoms with Crippen molar-refractivity contribution in [2.24, 2.45) is 0 Å². The summed E-state index contributed by atoms with van der Waals surface area (Å²) in [6.45, 7) is 2.04. The molecule has 1 aliphatic carbocycles. The van der Waals surface area contributed by atoms with Gasteiger partial charge in [0.25, 0.3) is 0 Å². The number of anilines is 1. The zero-order valence-electron chi connectivity index (χ0n) is 9.08. The Morgan fingerprint density at radius 2 is 2.19 bits per heavy atom. The first-order valence-corrected chi connectivity index (χ1v) is 5.26. The number of hydrogen-bond donors (Lipinski definition) is 1. The van der Waals surface area contributed by atoms with Crippen LogP contribution in [0.4, 0.5) is 5.69 Å². The molecule has 16 heavy (non-hydrogen) atoms. The van der Waals surface area contributed by atoms with Crippen LogP contribution in [0.2, 0.25) is 0 Å². The lowest BCUT2D eigenvalue weighted by Gasteiger charge is -2.09. The van der Waals surface area contributed by atoms with Gasteiger partial charge in [0.1, 0.15) is 0 Å². The molecule has 0 amide bonds. The number of Topliss-reactive ketones (excluding diaryl/α,β-unsaturated/α-hetero) is 1. The normalized spacial score (nSPS) is 13.7. The lowest BCUT2D eigenvalue weighted by molar-refractivity contribution is 0.0526. The molecule has 0 radical (unpaired) electrons. The predicted molar refractivity (Wildman–Crippen MR) is 59.5 cm³/mol. The number of ether oxygens (including phenoxy) is 1. The molecule has 2 N–H and O–H groups in total. The van der Waals surface area contributed by atoms with E-state index in [1.165, 1.54) is 0 Å². The minimum absolute atomic E-state index is 0.0700. The molecule has 0 saturated heterocycles. The molecule has 1 aromatic rings. The van der Waals surface area contributed by atoms with Crippen molar-refractivity contribution < 1.29 is 14.3 Å². The van der Waals surface area contributed by atoms with Gasteiger partial charge in [-0.25, -0.2) is 4.79 Å². The number of fused-ring (bicyclic) bond motifs is 1. The minimum Gasteiger partial charge on any atom is -0.462 e. The molecule has 0 saturated carbocycles. The number of nitrogens with two attached hydrogens (primary N) is 1. The van der Waals surface area contributed by atoms with Crippen LogP contribution in [-0.2, 0) is 11.2 Å². The van der Waals surface area contributed by atoms with Crippen LogP contribution in [0.15, 0.2) is 12.1 Å². The first-order valence-electron chi connectivity index (χ1n) is 5.26. The van der Waals surface area contributed by atoms with Gasteiger partial charge < -0.3 is 10.5 Å². The molecule has 0 bridgehead atoms. The van der Waals surface area contributed by atoms with Crippen LogP contribution >= 0.6 is 0 Å². The van der Waals surface area contributed by atoms with Gasteiger partial charge >= 0.3 is 5.97 Å². The fourth-order valence-corrected chi connectivity index (χ4v) is 2.00. The Kier molecular flexibility index (Phi) is 2.64. The van der Waals surface area contributed by atoms with Crippen molar-refractivity contribution in [3.63, 3.8) is 0 Å². The highest BCUT2D eigenvalue weighted by molar-refractivity contribution is 6.06. The molecule has 0 atom stereocenters. The SMILES string of the molecule is CCOC(=O)c1c(N)ccc2c1CCC2=O. The van der Waals surface area contributed by atoms with E-state index in [9.17, 15) is 9.59 Å². The Balaban J connectivity index is 2.52. The van der Waals surface area contributed by atoms with Crippen LogP contribution in [0.3, 0.4) is 0 Å². The molecule has 0 aliphatic heterocycles. The van der Waals surface area contributed by atoms with Crippen molar-refractivity contribution in [2.75, 3.05) is 12.3 Å². The molecule has 84 valence electrons. The van der Waals surface area contributed by atoms with Gasteiger partial charge in [-0.1, -0.05) is 0 Å². The summed E-state index contributed by atoms with van der Waals surface area (Å²) in [7, 11) is 0. The molecule has 4 nitrogen and oxygen atoms in total. The Hall–Kier alpha value is -1.84. The van der Waals surface area contributed by atoms with Crippen LogP contribution in [0.1, 0.15) is 39.6 Å². The zero-order valence-corrected chi connectivity index (χ0v) is 9.08. The van der Waals surface area contributed by atoms with E-state index >= 15 is 0 Å². The number of carbonyl (C=O) groups excluding carboxylic acids is 2. The predicted octanol–water partition coefficient (Wildman–Crippen LogP) is 1.57. The number of ketones is 1. The van der Waals surface area contributed by atoms with Crippen molar-refractivity contribution in [1.29, 1.82) is 0 Å². The molecule has 0 heterocycles. The fraction of sp³-hybridized carbons (Fsp3) is 0.333. The van der Waals surface area contributed by atoms with Gasteiger partial charge in [0.15, 0.2) is 5.78 Å².